The van der Waals surface area contributed by atoms with Crippen LogP contribution >= 0.6 is 11.6 Å². The van der Waals surface area contributed by atoms with E-state index in [4.69, 9.17) is 16.6 Å². The lowest BCUT2D eigenvalue weighted by atomic mass is 9.99. The second-order valence-electron chi connectivity index (χ2n) is 8.73. The average Bonchev–Trinajstić information content (AvgIpc) is 3.22. The molecule has 0 amide bonds. The van der Waals surface area contributed by atoms with Gasteiger partial charge in [-0.1, -0.05) is 37.1 Å². The molecule has 0 bridgehead atoms. The standard InChI is InChI=1S/C27H28ClN5/c1-3-4-7-22-19(2)23(18-29)26-30-24-8-5-6-9-25(24)33(26)27(22)32-16-14-31(15-17-32)21-12-10-20(28)11-13-21/h5-6,8-13H,3-4,7,14-17H2,1-2H3. The zero-order chi connectivity index (χ0) is 22.9. The number of hydrogen-bond acceptors (Lipinski definition) is 4. The first kappa shape index (κ1) is 21.6. The maximum absolute atomic E-state index is 10.0. The number of rotatable bonds is 5. The van der Waals surface area contributed by atoms with E-state index in [1.807, 2.05) is 24.3 Å². The number of halogens is 1. The van der Waals surface area contributed by atoms with Crippen LogP contribution in [0.5, 0.6) is 0 Å². The van der Waals surface area contributed by atoms with Crippen LogP contribution in [0.15, 0.2) is 48.5 Å². The van der Waals surface area contributed by atoms with Gasteiger partial charge in [-0.2, -0.15) is 5.26 Å². The predicted octanol–water partition coefficient (Wildman–Crippen LogP) is 5.99. The molecule has 0 radical (unpaired) electrons. The van der Waals surface area contributed by atoms with E-state index in [-0.39, 0.29) is 0 Å². The van der Waals surface area contributed by atoms with Gasteiger partial charge in [-0.05, 0) is 67.3 Å². The first-order valence-electron chi connectivity index (χ1n) is 11.7. The van der Waals surface area contributed by atoms with Crippen LogP contribution < -0.4 is 9.80 Å². The van der Waals surface area contributed by atoms with Gasteiger partial charge in [0.15, 0.2) is 5.65 Å². The highest BCUT2D eigenvalue weighted by Crippen LogP contribution is 2.35. The molecule has 6 heteroatoms. The fourth-order valence-corrected chi connectivity index (χ4v) is 5.10. The van der Waals surface area contributed by atoms with Gasteiger partial charge in [-0.15, -0.1) is 0 Å². The van der Waals surface area contributed by atoms with Crippen molar-refractivity contribution in [3.8, 4) is 6.07 Å². The summed E-state index contributed by atoms with van der Waals surface area (Å²) >= 11 is 6.09. The van der Waals surface area contributed by atoms with Crippen molar-refractivity contribution >= 4 is 39.8 Å². The molecule has 1 saturated heterocycles. The molecule has 5 rings (SSSR count). The summed E-state index contributed by atoms with van der Waals surface area (Å²) in [7, 11) is 0. The highest BCUT2D eigenvalue weighted by molar-refractivity contribution is 6.30. The second-order valence-corrected chi connectivity index (χ2v) is 9.16. The zero-order valence-electron chi connectivity index (χ0n) is 19.2. The van der Waals surface area contributed by atoms with E-state index in [1.54, 1.807) is 0 Å². The summed E-state index contributed by atoms with van der Waals surface area (Å²) in [5.41, 5.74) is 7.03. The Morgan fingerprint density at radius 1 is 1.00 bits per heavy atom. The van der Waals surface area contributed by atoms with Gasteiger partial charge in [0.25, 0.3) is 0 Å². The van der Waals surface area contributed by atoms with Crippen molar-refractivity contribution in [1.82, 2.24) is 9.38 Å². The molecule has 0 saturated carbocycles. The maximum Gasteiger partial charge on any atom is 0.157 e. The Bertz CT molecular complexity index is 1340. The third kappa shape index (κ3) is 3.79. The minimum atomic E-state index is 0.695. The number of nitrogens with zero attached hydrogens (tertiary/aromatic N) is 5. The van der Waals surface area contributed by atoms with E-state index in [1.165, 1.54) is 17.1 Å². The van der Waals surface area contributed by atoms with Gasteiger partial charge in [0.2, 0.25) is 0 Å². The van der Waals surface area contributed by atoms with E-state index < -0.39 is 0 Å². The van der Waals surface area contributed by atoms with Gasteiger partial charge < -0.3 is 9.80 Å². The molecule has 3 heterocycles. The molecule has 1 aliphatic heterocycles. The number of fused-ring (bicyclic) bond motifs is 3. The van der Waals surface area contributed by atoms with E-state index >= 15 is 0 Å². The minimum Gasteiger partial charge on any atom is -0.368 e. The number of unbranched alkanes of at least 4 members (excludes halogenated alkanes) is 1. The number of nitriles is 1. The number of anilines is 2. The molecule has 0 N–H and O–H groups in total. The minimum absolute atomic E-state index is 0.695. The summed E-state index contributed by atoms with van der Waals surface area (Å²) in [6.45, 7) is 8.00. The van der Waals surface area contributed by atoms with Gasteiger partial charge >= 0.3 is 0 Å². The SMILES string of the molecule is CCCCc1c(C)c(C#N)c2nc3ccccc3n2c1N1CCN(c2ccc(Cl)cc2)CC1. The van der Waals surface area contributed by atoms with Gasteiger partial charge in [-0.3, -0.25) is 4.40 Å². The largest absolute Gasteiger partial charge is 0.368 e. The summed E-state index contributed by atoms with van der Waals surface area (Å²) < 4.78 is 2.24. The molecule has 0 aliphatic carbocycles. The number of aromatic nitrogens is 2. The average molecular weight is 458 g/mol. The summed E-state index contributed by atoms with van der Waals surface area (Å²) in [6.07, 6.45) is 3.18. The van der Waals surface area contributed by atoms with Crippen molar-refractivity contribution in [1.29, 1.82) is 5.26 Å². The van der Waals surface area contributed by atoms with Crippen molar-refractivity contribution in [2.45, 2.75) is 33.1 Å². The fourth-order valence-electron chi connectivity index (χ4n) is 4.98. The number of hydrogen-bond donors (Lipinski definition) is 0. The Balaban J connectivity index is 1.62. The van der Waals surface area contributed by atoms with E-state index in [2.05, 4.69) is 58.4 Å². The van der Waals surface area contributed by atoms with Crippen LogP contribution in [-0.4, -0.2) is 35.6 Å². The molecule has 2 aromatic heterocycles. The molecule has 5 nitrogen and oxygen atoms in total. The van der Waals surface area contributed by atoms with Crippen LogP contribution in [0.2, 0.25) is 5.02 Å². The van der Waals surface area contributed by atoms with Crippen molar-refractivity contribution in [3.05, 3.63) is 70.2 Å². The Kier molecular flexibility index (Phi) is 5.86. The summed E-state index contributed by atoms with van der Waals surface area (Å²) in [4.78, 5) is 9.79. The summed E-state index contributed by atoms with van der Waals surface area (Å²) in [6, 6.07) is 18.8. The van der Waals surface area contributed by atoms with Gasteiger partial charge in [0.1, 0.15) is 11.9 Å². The van der Waals surface area contributed by atoms with Crippen LogP contribution in [0.3, 0.4) is 0 Å². The second kappa shape index (κ2) is 8.96. The molecule has 1 fully saturated rings. The Morgan fingerprint density at radius 2 is 1.70 bits per heavy atom. The maximum atomic E-state index is 10.0. The molecule has 0 atom stereocenters. The third-order valence-electron chi connectivity index (χ3n) is 6.76. The predicted molar refractivity (Wildman–Crippen MR) is 137 cm³/mol. The number of imidazole rings is 1. The Morgan fingerprint density at radius 3 is 2.39 bits per heavy atom. The summed E-state index contributed by atoms with van der Waals surface area (Å²) in [5.74, 6) is 1.21. The quantitative estimate of drug-likeness (QED) is 0.369. The molecular weight excluding hydrogens is 430 g/mol. The van der Waals surface area contributed by atoms with Crippen LogP contribution in [0.25, 0.3) is 16.7 Å². The molecule has 4 aromatic rings. The topological polar surface area (TPSA) is 47.6 Å². The van der Waals surface area contributed by atoms with Crippen LogP contribution in [-0.2, 0) is 6.42 Å². The lowest BCUT2D eigenvalue weighted by Gasteiger charge is -2.39. The summed E-state index contributed by atoms with van der Waals surface area (Å²) in [5, 5.41) is 10.8. The highest BCUT2D eigenvalue weighted by atomic mass is 35.5. The van der Waals surface area contributed by atoms with Gasteiger partial charge in [0, 0.05) is 36.9 Å². The van der Waals surface area contributed by atoms with E-state index in [0.717, 1.165) is 72.7 Å². The Labute approximate surface area is 199 Å². The molecule has 2 aromatic carbocycles. The van der Waals surface area contributed by atoms with E-state index in [0.29, 0.717) is 5.56 Å². The fraction of sp³-hybridized carbons (Fsp3) is 0.333. The normalized spacial score (nSPS) is 14.2. The molecule has 1 aliphatic rings. The number of para-hydroxylation sites is 2. The monoisotopic (exact) mass is 457 g/mol. The molecular formula is C27H28ClN5. The van der Waals surface area contributed by atoms with Crippen LogP contribution in [0, 0.1) is 18.3 Å². The van der Waals surface area contributed by atoms with E-state index in [9.17, 15) is 5.26 Å². The first-order valence-corrected chi connectivity index (χ1v) is 12.1. The van der Waals surface area contributed by atoms with Crippen LogP contribution in [0.1, 0.15) is 36.5 Å². The third-order valence-corrected chi connectivity index (χ3v) is 7.01. The molecule has 33 heavy (non-hydrogen) atoms. The molecule has 0 unspecified atom stereocenters. The van der Waals surface area contributed by atoms with Crippen molar-refractivity contribution in [2.24, 2.45) is 0 Å². The number of pyridine rings is 1. The lowest BCUT2D eigenvalue weighted by Crippen LogP contribution is -2.47. The highest BCUT2D eigenvalue weighted by Gasteiger charge is 2.26. The zero-order valence-corrected chi connectivity index (χ0v) is 19.9. The van der Waals surface area contributed by atoms with Crippen molar-refractivity contribution in [2.75, 3.05) is 36.0 Å². The molecule has 168 valence electrons. The first-order chi connectivity index (χ1) is 16.1. The molecule has 0 spiro atoms. The van der Waals surface area contributed by atoms with Gasteiger partial charge in [-0.25, -0.2) is 4.98 Å². The smallest absolute Gasteiger partial charge is 0.157 e. The van der Waals surface area contributed by atoms with Crippen LogP contribution in [0.4, 0.5) is 11.5 Å². The van der Waals surface area contributed by atoms with Crippen molar-refractivity contribution in [3.63, 3.8) is 0 Å². The number of benzene rings is 2. The van der Waals surface area contributed by atoms with Gasteiger partial charge in [0.05, 0.1) is 16.6 Å². The lowest BCUT2D eigenvalue weighted by molar-refractivity contribution is 0.640. The number of piperazine rings is 1. The van der Waals surface area contributed by atoms with Crippen molar-refractivity contribution < 1.29 is 0 Å². The Hall–Kier alpha value is -3.23.